The summed E-state index contributed by atoms with van der Waals surface area (Å²) in [6.07, 6.45) is 0. The van der Waals surface area contributed by atoms with Crippen LogP contribution in [0.25, 0.3) is 0 Å². The van der Waals surface area contributed by atoms with Crippen LogP contribution in [0.4, 0.5) is 5.82 Å². The molecule has 1 aromatic heterocycles. The monoisotopic (exact) mass is 376 g/mol. The van der Waals surface area contributed by atoms with E-state index in [4.69, 9.17) is 33.8 Å². The molecule has 2 aromatic rings. The van der Waals surface area contributed by atoms with Crippen molar-refractivity contribution in [2.75, 3.05) is 5.43 Å². The number of hydrogen-bond acceptors (Lipinski definition) is 5. The molecule has 20 heavy (non-hydrogen) atoms. The maximum atomic E-state index is 6.12. The number of rotatable bonds is 3. The molecule has 0 aliphatic carbocycles. The molecule has 0 fully saturated rings. The quantitative estimate of drug-likeness (QED) is 0.475. The van der Waals surface area contributed by atoms with Crippen LogP contribution in [0.3, 0.4) is 0 Å². The number of anilines is 1. The Labute approximate surface area is 134 Å². The molecule has 0 aliphatic heterocycles. The fourth-order valence-electron chi connectivity index (χ4n) is 1.53. The Morgan fingerprint density at radius 3 is 2.55 bits per heavy atom. The number of nitrogen functional groups attached to an aromatic ring is 1. The van der Waals surface area contributed by atoms with Crippen molar-refractivity contribution < 1.29 is 4.74 Å². The number of aryl methyl sites for hydroxylation is 1. The van der Waals surface area contributed by atoms with E-state index in [1.165, 1.54) is 0 Å². The summed E-state index contributed by atoms with van der Waals surface area (Å²) >= 11 is 15.4. The van der Waals surface area contributed by atoms with Gasteiger partial charge in [-0.25, -0.2) is 10.8 Å². The molecule has 5 nitrogen and oxygen atoms in total. The fourth-order valence-corrected chi connectivity index (χ4v) is 2.36. The number of nitrogens with two attached hydrogens (primary N) is 1. The summed E-state index contributed by atoms with van der Waals surface area (Å²) in [6, 6.07) is 3.27. The number of halogens is 3. The van der Waals surface area contributed by atoms with Crippen molar-refractivity contribution in [1.82, 2.24) is 9.97 Å². The molecule has 0 saturated carbocycles. The van der Waals surface area contributed by atoms with Gasteiger partial charge in [-0.15, -0.1) is 0 Å². The second-order valence-electron chi connectivity index (χ2n) is 3.99. The first kappa shape index (κ1) is 15.3. The highest BCUT2D eigenvalue weighted by Gasteiger charge is 2.13. The van der Waals surface area contributed by atoms with Gasteiger partial charge >= 0.3 is 0 Å². The van der Waals surface area contributed by atoms with Crippen LogP contribution < -0.4 is 16.0 Å². The lowest BCUT2D eigenvalue weighted by atomic mass is 10.3. The molecule has 1 heterocycles. The second kappa shape index (κ2) is 6.13. The number of hydrazine groups is 1. The summed E-state index contributed by atoms with van der Waals surface area (Å²) in [5.41, 5.74) is 3.17. The SMILES string of the molecule is Cc1nc(NN)c(C)c(Oc2cc(Cl)c(Br)cc2Cl)n1. The molecule has 0 aliphatic rings. The summed E-state index contributed by atoms with van der Waals surface area (Å²) < 4.78 is 6.41. The van der Waals surface area contributed by atoms with Gasteiger partial charge in [-0.3, -0.25) is 0 Å². The standard InChI is InChI=1S/C12H11BrCl2N4O/c1-5-11(19-16)17-6(2)18-12(5)20-10-4-8(14)7(13)3-9(10)15/h3-4H,16H2,1-2H3,(H,17,18,19). The summed E-state index contributed by atoms with van der Waals surface area (Å²) in [5, 5.41) is 0.907. The number of benzene rings is 1. The third-order valence-corrected chi connectivity index (χ3v) is 4.02. The zero-order chi connectivity index (χ0) is 14.9. The van der Waals surface area contributed by atoms with Crippen molar-refractivity contribution in [2.24, 2.45) is 5.84 Å². The molecule has 0 atom stereocenters. The average Bonchev–Trinajstić information content (AvgIpc) is 2.39. The third-order valence-electron chi connectivity index (χ3n) is 2.53. The fraction of sp³-hybridized carbons (Fsp3) is 0.167. The predicted molar refractivity (Wildman–Crippen MR) is 83.6 cm³/mol. The second-order valence-corrected chi connectivity index (χ2v) is 5.66. The topological polar surface area (TPSA) is 73.1 Å². The van der Waals surface area contributed by atoms with Gasteiger partial charge in [-0.1, -0.05) is 23.2 Å². The molecule has 0 unspecified atom stereocenters. The Bertz CT molecular complexity index is 666. The molecule has 0 amide bonds. The number of aromatic nitrogens is 2. The van der Waals surface area contributed by atoms with Crippen LogP contribution in [-0.2, 0) is 0 Å². The number of ether oxygens (including phenoxy) is 1. The molecule has 0 saturated heterocycles. The number of hydrogen-bond donors (Lipinski definition) is 2. The minimum Gasteiger partial charge on any atom is -0.437 e. The molecule has 2 rings (SSSR count). The van der Waals surface area contributed by atoms with Crippen molar-refractivity contribution in [3.63, 3.8) is 0 Å². The molecule has 1 aromatic carbocycles. The van der Waals surface area contributed by atoms with Crippen LogP contribution >= 0.6 is 39.1 Å². The molecule has 0 radical (unpaired) electrons. The highest BCUT2D eigenvalue weighted by molar-refractivity contribution is 9.10. The highest BCUT2D eigenvalue weighted by Crippen LogP contribution is 2.37. The van der Waals surface area contributed by atoms with Crippen molar-refractivity contribution in [2.45, 2.75) is 13.8 Å². The Morgan fingerprint density at radius 1 is 1.20 bits per heavy atom. The Morgan fingerprint density at radius 2 is 1.90 bits per heavy atom. The maximum Gasteiger partial charge on any atom is 0.227 e. The van der Waals surface area contributed by atoms with Crippen molar-refractivity contribution in [1.29, 1.82) is 0 Å². The smallest absolute Gasteiger partial charge is 0.227 e. The van der Waals surface area contributed by atoms with Gasteiger partial charge in [0.25, 0.3) is 0 Å². The number of nitrogens with one attached hydrogen (secondary N) is 1. The minimum absolute atomic E-state index is 0.366. The lowest BCUT2D eigenvalue weighted by molar-refractivity contribution is 0.456. The molecule has 8 heteroatoms. The van der Waals surface area contributed by atoms with Crippen LogP contribution in [0, 0.1) is 13.8 Å². The van der Waals surface area contributed by atoms with Gasteiger partial charge in [0, 0.05) is 10.5 Å². The molecule has 106 valence electrons. The van der Waals surface area contributed by atoms with Gasteiger partial charge in [-0.05, 0) is 35.8 Å². The Kier molecular flexibility index (Phi) is 4.70. The van der Waals surface area contributed by atoms with E-state index in [1.807, 2.05) is 0 Å². The lowest BCUT2D eigenvalue weighted by Gasteiger charge is -2.13. The molecule has 0 spiro atoms. The normalized spacial score (nSPS) is 10.5. The van der Waals surface area contributed by atoms with Crippen LogP contribution in [0.2, 0.25) is 10.0 Å². The van der Waals surface area contributed by atoms with Crippen molar-refractivity contribution in [3.8, 4) is 11.6 Å². The zero-order valence-electron chi connectivity index (χ0n) is 10.7. The van der Waals surface area contributed by atoms with Gasteiger partial charge < -0.3 is 10.2 Å². The molecular formula is C12H11BrCl2N4O. The Balaban J connectivity index is 2.45. The van der Waals surface area contributed by atoms with Crippen LogP contribution in [0.15, 0.2) is 16.6 Å². The first-order chi connectivity index (χ1) is 9.42. The lowest BCUT2D eigenvalue weighted by Crippen LogP contribution is -2.12. The van der Waals surface area contributed by atoms with Crippen LogP contribution in [0.5, 0.6) is 11.6 Å². The van der Waals surface area contributed by atoms with E-state index in [1.54, 1.807) is 26.0 Å². The van der Waals surface area contributed by atoms with Crippen LogP contribution in [-0.4, -0.2) is 9.97 Å². The zero-order valence-corrected chi connectivity index (χ0v) is 13.8. The van der Waals surface area contributed by atoms with E-state index in [2.05, 4.69) is 31.3 Å². The molecular weight excluding hydrogens is 367 g/mol. The van der Waals surface area contributed by atoms with Gasteiger partial charge in [0.1, 0.15) is 17.4 Å². The van der Waals surface area contributed by atoms with E-state index in [0.29, 0.717) is 43.4 Å². The summed E-state index contributed by atoms with van der Waals surface area (Å²) in [7, 11) is 0. The van der Waals surface area contributed by atoms with Crippen LogP contribution in [0.1, 0.15) is 11.4 Å². The Hall–Kier alpha value is -1.08. The van der Waals surface area contributed by atoms with Gasteiger partial charge in [0.05, 0.1) is 15.6 Å². The van der Waals surface area contributed by atoms with E-state index < -0.39 is 0 Å². The summed E-state index contributed by atoms with van der Waals surface area (Å²) in [4.78, 5) is 8.38. The average molecular weight is 378 g/mol. The first-order valence-corrected chi connectivity index (χ1v) is 7.11. The van der Waals surface area contributed by atoms with Crippen molar-refractivity contribution >= 4 is 44.9 Å². The molecule has 3 N–H and O–H groups in total. The van der Waals surface area contributed by atoms with Crippen molar-refractivity contribution in [3.05, 3.63) is 38.0 Å². The van der Waals surface area contributed by atoms with E-state index in [-0.39, 0.29) is 0 Å². The summed E-state index contributed by atoms with van der Waals surface area (Å²) in [6.45, 7) is 3.53. The minimum atomic E-state index is 0.366. The van der Waals surface area contributed by atoms with E-state index in [9.17, 15) is 0 Å². The van der Waals surface area contributed by atoms with E-state index in [0.717, 1.165) is 0 Å². The largest absolute Gasteiger partial charge is 0.437 e. The van der Waals surface area contributed by atoms with E-state index >= 15 is 0 Å². The number of nitrogens with zero attached hydrogens (tertiary/aromatic N) is 2. The first-order valence-electron chi connectivity index (χ1n) is 5.56. The summed E-state index contributed by atoms with van der Waals surface area (Å²) in [5.74, 6) is 7.20. The van der Waals surface area contributed by atoms with Gasteiger partial charge in [0.15, 0.2) is 0 Å². The highest BCUT2D eigenvalue weighted by atomic mass is 79.9. The van der Waals surface area contributed by atoms with Gasteiger partial charge in [-0.2, -0.15) is 4.98 Å². The molecule has 0 bridgehead atoms. The maximum absolute atomic E-state index is 6.12. The van der Waals surface area contributed by atoms with Gasteiger partial charge in [0.2, 0.25) is 5.88 Å². The predicted octanol–water partition coefficient (Wildman–Crippen LogP) is 4.24. The third kappa shape index (κ3) is 3.15.